The number of hydrogen-bond donors (Lipinski definition) is 2. The van der Waals surface area contributed by atoms with Gasteiger partial charge < -0.3 is 15.4 Å². The van der Waals surface area contributed by atoms with E-state index in [0.717, 1.165) is 17.6 Å². The zero-order chi connectivity index (χ0) is 21.3. The third-order valence-corrected chi connectivity index (χ3v) is 4.38. The van der Waals surface area contributed by atoms with E-state index < -0.39 is 18.1 Å². The summed E-state index contributed by atoms with van der Waals surface area (Å²) in [5.41, 5.74) is -0.363. The molecule has 0 aromatic carbocycles. The van der Waals surface area contributed by atoms with Gasteiger partial charge in [-0.3, -0.25) is 0 Å². The molecule has 0 aliphatic rings. The van der Waals surface area contributed by atoms with Crippen molar-refractivity contribution in [2.45, 2.75) is 19.0 Å². The van der Waals surface area contributed by atoms with Crippen molar-refractivity contribution in [1.29, 1.82) is 0 Å². The summed E-state index contributed by atoms with van der Waals surface area (Å²) >= 11 is 11.7. The van der Waals surface area contributed by atoms with E-state index in [4.69, 9.17) is 27.9 Å². The van der Waals surface area contributed by atoms with Gasteiger partial charge in [0, 0.05) is 5.56 Å². The van der Waals surface area contributed by atoms with Gasteiger partial charge in [0.05, 0.1) is 43.0 Å². The van der Waals surface area contributed by atoms with Crippen LogP contribution in [0.2, 0.25) is 10.2 Å². The summed E-state index contributed by atoms with van der Waals surface area (Å²) in [6.07, 6.45) is -0.959. The van der Waals surface area contributed by atoms with Gasteiger partial charge in [0.2, 0.25) is 5.88 Å². The number of amides is 2. The lowest BCUT2D eigenvalue weighted by molar-refractivity contribution is -0.146. The first-order chi connectivity index (χ1) is 13.6. The highest BCUT2D eigenvalue weighted by Gasteiger charge is 2.40. The van der Waals surface area contributed by atoms with Gasteiger partial charge in [-0.1, -0.05) is 23.2 Å². The summed E-state index contributed by atoms with van der Waals surface area (Å²) in [5, 5.41) is 8.82. The number of urea groups is 1. The fraction of sp³-hybridized carbons (Fsp3) is 0.250. The maximum absolute atomic E-state index is 13.4. The lowest BCUT2D eigenvalue weighted by Crippen LogP contribution is -2.24. The first-order valence-electron chi connectivity index (χ1n) is 7.98. The fourth-order valence-electron chi connectivity index (χ4n) is 2.54. The normalized spacial score (nSPS) is 12.7. The standard InChI is InChI=1S/C16H13Cl2F3N6O2/c1-7(16(19,20)21)12-10(5-23-27-6-11(18)26-13(12)27)25-15(28)24-8-3-9(17)14(29-2)22-4-8/h3-7H,1-2H3,(H2,24,25,28). The number of fused-ring (bicyclic) bond motifs is 1. The van der Waals surface area contributed by atoms with E-state index in [1.54, 1.807) is 0 Å². The van der Waals surface area contributed by atoms with E-state index in [-0.39, 0.29) is 38.6 Å². The second-order valence-electron chi connectivity index (χ2n) is 5.86. The van der Waals surface area contributed by atoms with E-state index in [0.29, 0.717) is 0 Å². The van der Waals surface area contributed by atoms with Crippen molar-refractivity contribution < 1.29 is 22.7 Å². The quantitative estimate of drug-likeness (QED) is 0.600. The topological polar surface area (TPSA) is 93.4 Å². The average Bonchev–Trinajstić information content (AvgIpc) is 3.00. The van der Waals surface area contributed by atoms with E-state index in [1.807, 2.05) is 0 Å². The molecule has 2 amide bonds. The molecule has 0 spiro atoms. The Balaban J connectivity index is 1.93. The predicted octanol–water partition coefficient (Wildman–Crippen LogP) is 4.75. The number of methoxy groups -OCH3 is 1. The third kappa shape index (κ3) is 4.46. The van der Waals surface area contributed by atoms with Crippen LogP contribution in [-0.4, -0.2) is 38.9 Å². The predicted molar refractivity (Wildman–Crippen MR) is 101 cm³/mol. The van der Waals surface area contributed by atoms with E-state index in [2.05, 4.69) is 25.7 Å². The summed E-state index contributed by atoms with van der Waals surface area (Å²) in [5.74, 6) is -1.79. The molecule has 0 radical (unpaired) electrons. The number of hydrogen-bond acceptors (Lipinski definition) is 5. The molecule has 0 aliphatic carbocycles. The van der Waals surface area contributed by atoms with Crippen molar-refractivity contribution in [2.24, 2.45) is 0 Å². The van der Waals surface area contributed by atoms with Crippen LogP contribution in [0.3, 0.4) is 0 Å². The van der Waals surface area contributed by atoms with Gasteiger partial charge in [-0.2, -0.15) is 18.3 Å². The van der Waals surface area contributed by atoms with Crippen LogP contribution in [0.1, 0.15) is 18.4 Å². The van der Waals surface area contributed by atoms with Crippen LogP contribution in [-0.2, 0) is 0 Å². The SMILES string of the molecule is COc1ncc(NC(=O)Nc2cnn3cc(Cl)nc3c2C(C)C(F)(F)F)cc1Cl. The summed E-state index contributed by atoms with van der Waals surface area (Å²) < 4.78 is 46.2. The molecule has 13 heteroatoms. The van der Waals surface area contributed by atoms with Crippen LogP contribution in [0, 0.1) is 0 Å². The van der Waals surface area contributed by atoms with Crippen LogP contribution in [0.5, 0.6) is 5.88 Å². The second kappa shape index (κ2) is 7.91. The first-order valence-corrected chi connectivity index (χ1v) is 8.73. The number of ether oxygens (including phenoxy) is 1. The number of pyridine rings is 1. The van der Waals surface area contributed by atoms with Gasteiger partial charge in [-0.25, -0.2) is 19.3 Å². The van der Waals surface area contributed by atoms with Gasteiger partial charge in [0.1, 0.15) is 10.2 Å². The zero-order valence-electron chi connectivity index (χ0n) is 14.9. The monoisotopic (exact) mass is 448 g/mol. The van der Waals surface area contributed by atoms with E-state index >= 15 is 0 Å². The molecule has 3 heterocycles. The average molecular weight is 449 g/mol. The Bertz CT molecular complexity index is 1070. The van der Waals surface area contributed by atoms with Gasteiger partial charge in [-0.15, -0.1) is 0 Å². The number of rotatable bonds is 4. The highest BCUT2D eigenvalue weighted by Crippen LogP contribution is 2.39. The van der Waals surface area contributed by atoms with Crippen molar-refractivity contribution in [3.63, 3.8) is 0 Å². The second-order valence-corrected chi connectivity index (χ2v) is 6.66. The highest BCUT2D eigenvalue weighted by atomic mass is 35.5. The van der Waals surface area contributed by atoms with Crippen LogP contribution < -0.4 is 15.4 Å². The molecule has 2 N–H and O–H groups in total. The molecule has 0 saturated heterocycles. The summed E-state index contributed by atoms with van der Waals surface area (Å²) in [7, 11) is 1.38. The Labute approximate surface area is 172 Å². The van der Waals surface area contributed by atoms with Crippen molar-refractivity contribution in [2.75, 3.05) is 17.7 Å². The van der Waals surface area contributed by atoms with Gasteiger partial charge in [0.25, 0.3) is 0 Å². The number of nitrogens with one attached hydrogen (secondary N) is 2. The Morgan fingerprint density at radius 3 is 2.62 bits per heavy atom. The van der Waals surface area contributed by atoms with Crippen LogP contribution >= 0.6 is 23.2 Å². The maximum atomic E-state index is 13.4. The summed E-state index contributed by atoms with van der Waals surface area (Å²) in [6.45, 7) is 0.953. The number of alkyl halides is 3. The van der Waals surface area contributed by atoms with Crippen molar-refractivity contribution in [1.82, 2.24) is 19.6 Å². The fourth-order valence-corrected chi connectivity index (χ4v) is 2.96. The largest absolute Gasteiger partial charge is 0.480 e. The van der Waals surface area contributed by atoms with Crippen LogP contribution in [0.15, 0.2) is 24.7 Å². The summed E-state index contributed by atoms with van der Waals surface area (Å²) in [6, 6.07) is 0.551. The molecule has 8 nitrogen and oxygen atoms in total. The molecular weight excluding hydrogens is 436 g/mol. The van der Waals surface area contributed by atoms with Crippen molar-refractivity contribution in [3.05, 3.63) is 40.4 Å². The number of nitrogens with zero attached hydrogens (tertiary/aromatic N) is 4. The minimum atomic E-state index is -4.58. The molecule has 29 heavy (non-hydrogen) atoms. The summed E-state index contributed by atoms with van der Waals surface area (Å²) in [4.78, 5) is 20.1. The molecule has 0 bridgehead atoms. The van der Waals surface area contributed by atoms with E-state index in [1.165, 1.54) is 25.6 Å². The molecule has 0 aliphatic heterocycles. The molecule has 0 saturated carbocycles. The molecule has 3 aromatic rings. The van der Waals surface area contributed by atoms with Crippen LogP contribution in [0.25, 0.3) is 5.65 Å². The number of carbonyl (C=O) groups is 1. The van der Waals surface area contributed by atoms with Gasteiger partial charge in [-0.05, 0) is 13.0 Å². The third-order valence-electron chi connectivity index (χ3n) is 3.93. The molecule has 3 rings (SSSR count). The number of anilines is 2. The minimum absolute atomic E-state index is 0.0336. The Morgan fingerprint density at radius 1 is 1.28 bits per heavy atom. The Morgan fingerprint density at radius 2 is 2.00 bits per heavy atom. The highest BCUT2D eigenvalue weighted by molar-refractivity contribution is 6.32. The van der Waals surface area contributed by atoms with Gasteiger partial charge >= 0.3 is 12.2 Å². The minimum Gasteiger partial charge on any atom is -0.480 e. The molecular formula is C16H13Cl2F3N6O2. The molecule has 1 atom stereocenters. The number of imidazole rings is 1. The number of halogens is 5. The Hall–Kier alpha value is -2.79. The smallest absolute Gasteiger partial charge is 0.395 e. The molecule has 1 unspecified atom stereocenters. The van der Waals surface area contributed by atoms with Crippen LogP contribution in [0.4, 0.5) is 29.3 Å². The molecule has 3 aromatic heterocycles. The maximum Gasteiger partial charge on any atom is 0.395 e. The Kier molecular flexibility index (Phi) is 5.71. The number of carbonyl (C=O) groups excluding carboxylic acids is 1. The number of aromatic nitrogens is 4. The van der Waals surface area contributed by atoms with Crippen molar-refractivity contribution in [3.8, 4) is 5.88 Å². The lowest BCUT2D eigenvalue weighted by atomic mass is 10.0. The van der Waals surface area contributed by atoms with E-state index in [9.17, 15) is 18.0 Å². The van der Waals surface area contributed by atoms with Gasteiger partial charge in [0.15, 0.2) is 5.65 Å². The van der Waals surface area contributed by atoms with Crippen molar-refractivity contribution >= 4 is 46.3 Å². The molecule has 154 valence electrons. The zero-order valence-corrected chi connectivity index (χ0v) is 16.4. The lowest BCUT2D eigenvalue weighted by Gasteiger charge is -2.20. The molecule has 0 fully saturated rings. The first kappa shape index (κ1) is 20.9.